The van der Waals surface area contributed by atoms with Crippen LogP contribution in [-0.2, 0) is 62.5 Å². The van der Waals surface area contributed by atoms with E-state index in [2.05, 4.69) is 10.6 Å². The first-order chi connectivity index (χ1) is 25.7. The molecule has 2 aliphatic heterocycles. The van der Waals surface area contributed by atoms with Crippen molar-refractivity contribution in [3.8, 4) is 0 Å². The van der Waals surface area contributed by atoms with E-state index in [4.69, 9.17) is 9.47 Å². The van der Waals surface area contributed by atoms with E-state index in [9.17, 15) is 54.0 Å². The Balaban J connectivity index is 1.62. The number of hydrogen-bond acceptors (Lipinski definition) is 12. The van der Waals surface area contributed by atoms with Gasteiger partial charge in [0.15, 0.2) is 11.9 Å². The number of nitrogens with zero attached hydrogens (tertiary/aromatic N) is 1. The Morgan fingerprint density at radius 3 is 2.15 bits per heavy atom. The average Bonchev–Trinajstić information content (AvgIpc) is 3.43. The average molecular weight is 774 g/mol. The van der Waals surface area contributed by atoms with Crippen LogP contribution < -0.4 is 10.6 Å². The Morgan fingerprint density at radius 2 is 1.55 bits per heavy atom. The lowest BCUT2D eigenvalue weighted by Gasteiger charge is -2.39. The molecular weight excluding hydrogens is 718 g/mol. The fourth-order valence-electron chi connectivity index (χ4n) is 6.12. The fraction of sp³-hybridized carbons (Fsp3) is 0.615. The van der Waals surface area contributed by atoms with Gasteiger partial charge in [0.25, 0.3) is 11.8 Å². The third-order valence-electron chi connectivity index (χ3n) is 9.57. The molecule has 4 amide bonds. The summed E-state index contributed by atoms with van der Waals surface area (Å²) in [5, 5.41) is 45.7. The zero-order valence-corrected chi connectivity index (χ0v) is 32.3. The van der Waals surface area contributed by atoms with Gasteiger partial charge in [-0.25, -0.2) is 4.79 Å². The molecule has 2 heterocycles. The standard InChI is InChI=1S/C39H55N3O13/c1-21(2)31(41-28(44)10-8-7-9-17-42-29(45)15-16-30(42)46)36(50)40-22(3)26(43)19-23-11-12-25(20-54-38(53)39(4,5)6)24(18-23)13-14-27-32(47)33(48)34(49)35(55-27)37(51)52/h11-12,15-16,18,21-22,27,31-35,47-49H,7-10,13-14,17,19-20H2,1-6H3,(H,40,50)(H,41,44)(H,51,52)/t22-,27-,31-,32?,33+,34?,35-/m0/s1. The van der Waals surface area contributed by atoms with Crippen molar-refractivity contribution in [2.45, 2.75) is 136 Å². The lowest BCUT2D eigenvalue weighted by atomic mass is 9.90. The van der Waals surface area contributed by atoms with E-state index in [1.807, 2.05) is 0 Å². The molecule has 16 heteroatoms. The SMILES string of the molecule is CC(C)[C@H](NC(=O)CCCCCN1C(=O)C=CC1=O)C(=O)N[C@@H](C)C(=O)Cc1ccc(COC(=O)C(C)(C)C)c(CC[C@@H]2O[C@H](C(=O)O)C(O)[C@H](O)C2O)c1. The number of Topliss-reactive ketones (excluding diaryl/α,β-unsaturated/α-hetero) is 1. The van der Waals surface area contributed by atoms with Crippen molar-refractivity contribution in [2.75, 3.05) is 6.54 Å². The van der Waals surface area contributed by atoms with Crippen LogP contribution in [0.4, 0.5) is 0 Å². The molecule has 0 radical (unpaired) electrons. The van der Waals surface area contributed by atoms with Gasteiger partial charge in [-0.1, -0.05) is 38.5 Å². The molecule has 0 aliphatic carbocycles. The minimum atomic E-state index is -1.83. The smallest absolute Gasteiger partial charge is 0.335 e. The number of imide groups is 1. The normalized spacial score (nSPS) is 22.4. The van der Waals surface area contributed by atoms with Gasteiger partial charge >= 0.3 is 11.9 Å². The number of rotatable bonds is 19. The Kier molecular flexibility index (Phi) is 16.2. The first kappa shape index (κ1) is 44.9. The molecule has 1 aromatic carbocycles. The van der Waals surface area contributed by atoms with E-state index in [1.165, 1.54) is 19.1 Å². The summed E-state index contributed by atoms with van der Waals surface area (Å²) in [5.74, 6) is -4.17. The van der Waals surface area contributed by atoms with Crippen LogP contribution in [0, 0.1) is 11.3 Å². The largest absolute Gasteiger partial charge is 0.479 e. The second-order valence-electron chi connectivity index (χ2n) is 15.5. The van der Waals surface area contributed by atoms with Crippen LogP contribution in [0.2, 0.25) is 0 Å². The van der Waals surface area contributed by atoms with Crippen LogP contribution in [0.25, 0.3) is 0 Å². The number of nitrogens with one attached hydrogen (secondary N) is 2. The van der Waals surface area contributed by atoms with E-state index < -0.39 is 65.9 Å². The van der Waals surface area contributed by atoms with Crippen LogP contribution in [0.3, 0.4) is 0 Å². The molecule has 0 saturated carbocycles. The molecule has 6 N–H and O–H groups in total. The maximum atomic E-state index is 13.4. The number of aliphatic hydroxyl groups is 3. The molecule has 1 saturated heterocycles. The van der Waals surface area contributed by atoms with E-state index in [0.29, 0.717) is 36.0 Å². The zero-order chi connectivity index (χ0) is 41.2. The van der Waals surface area contributed by atoms with Crippen molar-refractivity contribution >= 4 is 41.4 Å². The summed E-state index contributed by atoms with van der Waals surface area (Å²) in [5.41, 5.74) is 0.968. The third kappa shape index (κ3) is 12.8. The molecule has 55 heavy (non-hydrogen) atoms. The maximum Gasteiger partial charge on any atom is 0.335 e. The Hall–Kier alpha value is -4.51. The van der Waals surface area contributed by atoms with E-state index >= 15 is 0 Å². The summed E-state index contributed by atoms with van der Waals surface area (Å²) >= 11 is 0. The summed E-state index contributed by atoms with van der Waals surface area (Å²) < 4.78 is 10.9. The number of ketones is 1. The summed E-state index contributed by atoms with van der Waals surface area (Å²) in [6.07, 6.45) is -3.83. The molecule has 1 aromatic rings. The lowest BCUT2D eigenvalue weighted by Crippen LogP contribution is -2.59. The second-order valence-corrected chi connectivity index (χ2v) is 15.5. The highest BCUT2D eigenvalue weighted by molar-refractivity contribution is 6.12. The summed E-state index contributed by atoms with van der Waals surface area (Å²) in [4.78, 5) is 87.9. The predicted octanol–water partition coefficient (Wildman–Crippen LogP) is 0.886. The Labute approximate surface area is 320 Å². The predicted molar refractivity (Wildman–Crippen MR) is 196 cm³/mol. The number of unbranched alkanes of at least 4 members (excludes halogenated alkanes) is 2. The van der Waals surface area contributed by atoms with Gasteiger partial charge in [0, 0.05) is 31.5 Å². The van der Waals surface area contributed by atoms with Gasteiger partial charge in [-0.15, -0.1) is 0 Å². The number of carboxylic acids is 1. The highest BCUT2D eigenvalue weighted by Crippen LogP contribution is 2.27. The number of esters is 1. The molecule has 3 rings (SSSR count). The van der Waals surface area contributed by atoms with Crippen molar-refractivity contribution in [3.05, 3.63) is 47.0 Å². The molecule has 2 aliphatic rings. The first-order valence-corrected chi connectivity index (χ1v) is 18.6. The minimum Gasteiger partial charge on any atom is -0.479 e. The number of aliphatic carboxylic acids is 1. The van der Waals surface area contributed by atoms with E-state index in [-0.39, 0.29) is 68.3 Å². The number of ether oxygens (including phenoxy) is 2. The van der Waals surface area contributed by atoms with Gasteiger partial charge in [-0.05, 0) is 76.0 Å². The van der Waals surface area contributed by atoms with Crippen molar-refractivity contribution < 1.29 is 63.5 Å². The zero-order valence-electron chi connectivity index (χ0n) is 32.3. The number of benzene rings is 1. The summed E-state index contributed by atoms with van der Waals surface area (Å²) in [6, 6.07) is 3.22. The summed E-state index contributed by atoms with van der Waals surface area (Å²) in [7, 11) is 0. The molecule has 2 unspecified atom stereocenters. The number of carbonyl (C=O) groups is 7. The molecule has 7 atom stereocenters. The van der Waals surface area contributed by atoms with Crippen LogP contribution in [-0.4, -0.2) is 116 Å². The van der Waals surface area contributed by atoms with Gasteiger partial charge in [-0.3, -0.25) is 33.7 Å². The second kappa shape index (κ2) is 19.9. The molecule has 0 aromatic heterocycles. The van der Waals surface area contributed by atoms with Gasteiger partial charge < -0.3 is 40.5 Å². The molecular formula is C39H55N3O13. The highest BCUT2D eigenvalue weighted by atomic mass is 16.6. The number of carboxylic acid groups (broad SMARTS) is 1. The molecule has 304 valence electrons. The highest BCUT2D eigenvalue weighted by Gasteiger charge is 2.46. The van der Waals surface area contributed by atoms with E-state index in [1.54, 1.807) is 52.8 Å². The van der Waals surface area contributed by atoms with Gasteiger partial charge in [0.05, 0.1) is 17.6 Å². The van der Waals surface area contributed by atoms with Crippen molar-refractivity contribution in [1.82, 2.24) is 15.5 Å². The number of hydrogen-bond donors (Lipinski definition) is 6. The maximum absolute atomic E-state index is 13.4. The van der Waals surface area contributed by atoms with Gasteiger partial charge in [0.2, 0.25) is 11.8 Å². The van der Waals surface area contributed by atoms with Crippen LogP contribution in [0.1, 0.15) is 90.3 Å². The fourth-order valence-corrected chi connectivity index (χ4v) is 6.12. The quantitative estimate of drug-likeness (QED) is 0.0651. The van der Waals surface area contributed by atoms with Crippen LogP contribution in [0.15, 0.2) is 30.4 Å². The summed E-state index contributed by atoms with van der Waals surface area (Å²) in [6.45, 7) is 10.3. The van der Waals surface area contributed by atoms with Crippen LogP contribution >= 0.6 is 0 Å². The lowest BCUT2D eigenvalue weighted by molar-refractivity contribution is -0.228. The van der Waals surface area contributed by atoms with Crippen LogP contribution in [0.5, 0.6) is 0 Å². The monoisotopic (exact) mass is 773 g/mol. The Morgan fingerprint density at radius 1 is 0.891 bits per heavy atom. The topological polar surface area (TPSA) is 246 Å². The Bertz CT molecular complexity index is 1600. The molecule has 16 nitrogen and oxygen atoms in total. The minimum absolute atomic E-state index is 0.0133. The molecule has 0 spiro atoms. The third-order valence-corrected chi connectivity index (χ3v) is 9.57. The van der Waals surface area contributed by atoms with Crippen molar-refractivity contribution in [3.63, 3.8) is 0 Å². The van der Waals surface area contributed by atoms with Gasteiger partial charge in [0.1, 0.15) is 31.0 Å². The first-order valence-electron chi connectivity index (χ1n) is 18.6. The number of amides is 4. The van der Waals surface area contributed by atoms with Gasteiger partial charge in [-0.2, -0.15) is 0 Å². The number of carbonyl (C=O) groups excluding carboxylic acids is 6. The number of aliphatic hydroxyl groups excluding tert-OH is 3. The molecule has 1 fully saturated rings. The van der Waals surface area contributed by atoms with E-state index in [0.717, 1.165) is 4.90 Å². The number of aryl methyl sites for hydroxylation is 1. The van der Waals surface area contributed by atoms with Crippen molar-refractivity contribution in [1.29, 1.82) is 0 Å². The van der Waals surface area contributed by atoms with Crippen molar-refractivity contribution in [2.24, 2.45) is 11.3 Å². The molecule has 0 bridgehead atoms.